The van der Waals surface area contributed by atoms with Gasteiger partial charge in [-0.05, 0) is 38.0 Å². The van der Waals surface area contributed by atoms with Gasteiger partial charge in [0.2, 0.25) is 0 Å². The summed E-state index contributed by atoms with van der Waals surface area (Å²) in [4.78, 5) is 27.5. The average molecular weight is 368 g/mol. The largest absolute Gasteiger partial charge is 0.396 e. The number of hydrogen-bond acceptors (Lipinski definition) is 3. The fourth-order valence-electron chi connectivity index (χ4n) is 2.70. The number of carbonyl (C=O) groups is 2. The second-order valence-corrected chi connectivity index (χ2v) is 6.41. The van der Waals surface area contributed by atoms with Crippen molar-refractivity contribution in [3.63, 3.8) is 0 Å². The van der Waals surface area contributed by atoms with Crippen LogP contribution in [0.25, 0.3) is 0 Å². The molecule has 5 nitrogen and oxygen atoms in total. The number of rotatable bonds is 5. The minimum absolute atomic E-state index is 0.0650. The van der Waals surface area contributed by atoms with Crippen molar-refractivity contribution in [2.24, 2.45) is 0 Å². The summed E-state index contributed by atoms with van der Waals surface area (Å²) in [7, 11) is 0. The van der Waals surface area contributed by atoms with Crippen LogP contribution in [0.3, 0.4) is 0 Å². The Kier molecular flexibility index (Phi) is 5.57. The second kappa shape index (κ2) is 7.28. The molecule has 128 valence electrons. The number of aromatic nitrogens is 1. The van der Waals surface area contributed by atoms with Crippen molar-refractivity contribution in [1.29, 1.82) is 0 Å². The van der Waals surface area contributed by atoms with Gasteiger partial charge in [0.25, 0.3) is 5.91 Å². The van der Waals surface area contributed by atoms with Crippen LogP contribution >= 0.6 is 23.2 Å². The molecule has 0 aliphatic rings. The predicted octanol–water partition coefficient (Wildman–Crippen LogP) is 4.62. The Labute approximate surface area is 150 Å². The second-order valence-electron chi connectivity index (χ2n) is 5.59. The molecule has 0 aliphatic heterocycles. The van der Waals surface area contributed by atoms with E-state index in [1.165, 1.54) is 19.1 Å². The van der Waals surface area contributed by atoms with Gasteiger partial charge in [0.1, 0.15) is 5.69 Å². The topological polar surface area (TPSA) is 88.0 Å². The van der Waals surface area contributed by atoms with Crippen molar-refractivity contribution < 1.29 is 9.59 Å². The quantitative estimate of drug-likeness (QED) is 0.532. The third-order valence-corrected chi connectivity index (χ3v) is 4.33. The number of Topliss-reactive ketones (excluding diaryl/α,β-unsaturated/α-hetero) is 1. The van der Waals surface area contributed by atoms with Gasteiger partial charge < -0.3 is 16.0 Å². The van der Waals surface area contributed by atoms with Gasteiger partial charge in [-0.25, -0.2) is 0 Å². The molecular weight excluding hydrogens is 349 g/mol. The standard InChI is InChI=1S/C17H19Cl2N3O2/c1-4-5-11-14(9(3)23)8(2)21-16(11)17(24)22-10-6-12(18)15(20)13(19)7-10/h6-7,21H,4-5,20H2,1-3H3,(H,22,24). The highest BCUT2D eigenvalue weighted by Crippen LogP contribution is 2.31. The maximum Gasteiger partial charge on any atom is 0.272 e. The zero-order valence-electron chi connectivity index (χ0n) is 13.7. The minimum Gasteiger partial charge on any atom is -0.396 e. The zero-order chi connectivity index (χ0) is 18.0. The lowest BCUT2D eigenvalue weighted by Gasteiger charge is -2.09. The van der Waals surface area contributed by atoms with E-state index < -0.39 is 0 Å². The van der Waals surface area contributed by atoms with Crippen molar-refractivity contribution in [3.8, 4) is 0 Å². The van der Waals surface area contributed by atoms with Crippen LogP contribution in [0.2, 0.25) is 10.0 Å². The summed E-state index contributed by atoms with van der Waals surface area (Å²) in [6.07, 6.45) is 1.45. The minimum atomic E-state index is -0.356. The molecule has 1 aromatic carbocycles. The number of aryl methyl sites for hydroxylation is 1. The molecule has 2 rings (SSSR count). The van der Waals surface area contributed by atoms with Crippen LogP contribution in [0.5, 0.6) is 0 Å². The first-order chi connectivity index (χ1) is 11.3. The van der Waals surface area contributed by atoms with Crippen molar-refractivity contribution in [3.05, 3.63) is 44.7 Å². The molecule has 0 aliphatic carbocycles. The Hall–Kier alpha value is -1.98. The molecule has 0 saturated heterocycles. The molecule has 4 N–H and O–H groups in total. The SMILES string of the molecule is CCCc1c(C(=O)Nc2cc(Cl)c(N)c(Cl)c2)[nH]c(C)c1C(C)=O. The van der Waals surface area contributed by atoms with E-state index in [1.807, 2.05) is 6.92 Å². The average Bonchev–Trinajstić information content (AvgIpc) is 2.82. The van der Waals surface area contributed by atoms with Gasteiger partial charge in [-0.15, -0.1) is 0 Å². The van der Waals surface area contributed by atoms with Gasteiger partial charge in [0.15, 0.2) is 5.78 Å². The van der Waals surface area contributed by atoms with Crippen molar-refractivity contribution in [2.75, 3.05) is 11.1 Å². The number of halogens is 2. The highest BCUT2D eigenvalue weighted by molar-refractivity contribution is 6.39. The summed E-state index contributed by atoms with van der Waals surface area (Å²) in [5, 5.41) is 3.26. The van der Waals surface area contributed by atoms with Crippen LogP contribution in [-0.4, -0.2) is 16.7 Å². The fraction of sp³-hybridized carbons (Fsp3) is 0.294. The van der Waals surface area contributed by atoms with E-state index in [2.05, 4.69) is 10.3 Å². The summed E-state index contributed by atoms with van der Waals surface area (Å²) >= 11 is 12.0. The van der Waals surface area contributed by atoms with E-state index in [9.17, 15) is 9.59 Å². The number of nitrogens with one attached hydrogen (secondary N) is 2. The Morgan fingerprint density at radius 3 is 2.33 bits per heavy atom. The first-order valence-electron chi connectivity index (χ1n) is 7.54. The monoisotopic (exact) mass is 367 g/mol. The summed E-state index contributed by atoms with van der Waals surface area (Å²) < 4.78 is 0. The smallest absolute Gasteiger partial charge is 0.272 e. The van der Waals surface area contributed by atoms with Crippen molar-refractivity contribution in [1.82, 2.24) is 4.98 Å². The van der Waals surface area contributed by atoms with Crippen LogP contribution in [-0.2, 0) is 6.42 Å². The van der Waals surface area contributed by atoms with Gasteiger partial charge in [-0.3, -0.25) is 9.59 Å². The Morgan fingerprint density at radius 2 is 1.83 bits per heavy atom. The summed E-state index contributed by atoms with van der Waals surface area (Å²) in [6.45, 7) is 5.27. The zero-order valence-corrected chi connectivity index (χ0v) is 15.2. The van der Waals surface area contributed by atoms with Crippen LogP contribution < -0.4 is 11.1 Å². The lowest BCUT2D eigenvalue weighted by molar-refractivity contribution is 0.101. The highest BCUT2D eigenvalue weighted by Gasteiger charge is 2.22. The third kappa shape index (κ3) is 3.57. The van der Waals surface area contributed by atoms with E-state index in [4.69, 9.17) is 28.9 Å². The number of carbonyl (C=O) groups excluding carboxylic acids is 2. The predicted molar refractivity (Wildman–Crippen MR) is 98.4 cm³/mol. The van der Waals surface area contributed by atoms with Crippen LogP contribution in [0.1, 0.15) is 52.4 Å². The van der Waals surface area contributed by atoms with E-state index in [1.54, 1.807) is 6.92 Å². The van der Waals surface area contributed by atoms with Crippen molar-refractivity contribution >= 4 is 46.3 Å². The van der Waals surface area contributed by atoms with Gasteiger partial charge in [0, 0.05) is 16.9 Å². The lowest BCUT2D eigenvalue weighted by atomic mass is 10.0. The van der Waals surface area contributed by atoms with Crippen LogP contribution in [0.15, 0.2) is 12.1 Å². The third-order valence-electron chi connectivity index (χ3n) is 3.71. The maximum absolute atomic E-state index is 12.6. The highest BCUT2D eigenvalue weighted by atomic mass is 35.5. The van der Waals surface area contributed by atoms with Crippen molar-refractivity contribution in [2.45, 2.75) is 33.6 Å². The number of amides is 1. The molecule has 0 fully saturated rings. The number of ketones is 1. The number of nitrogens with two attached hydrogens (primary N) is 1. The lowest BCUT2D eigenvalue weighted by Crippen LogP contribution is -2.15. The Bertz CT molecular complexity index is 789. The summed E-state index contributed by atoms with van der Waals surface area (Å²) in [5.74, 6) is -0.421. The molecular formula is C17H19Cl2N3O2. The summed E-state index contributed by atoms with van der Waals surface area (Å²) in [6, 6.07) is 3.06. The number of aromatic amines is 1. The van der Waals surface area contributed by atoms with Gasteiger partial charge in [-0.2, -0.15) is 0 Å². The molecule has 7 heteroatoms. The Morgan fingerprint density at radius 1 is 1.25 bits per heavy atom. The molecule has 0 spiro atoms. The van der Waals surface area contributed by atoms with Gasteiger partial charge >= 0.3 is 0 Å². The number of hydrogen-bond donors (Lipinski definition) is 3. The molecule has 0 bridgehead atoms. The van der Waals surface area contributed by atoms with E-state index in [0.29, 0.717) is 29.1 Å². The van der Waals surface area contributed by atoms with E-state index in [0.717, 1.165) is 12.0 Å². The molecule has 0 unspecified atom stereocenters. The Balaban J connectivity index is 2.40. The normalized spacial score (nSPS) is 10.7. The number of anilines is 2. The number of nitrogen functional groups attached to an aromatic ring is 1. The van der Waals surface area contributed by atoms with E-state index in [-0.39, 0.29) is 27.4 Å². The molecule has 1 heterocycles. The van der Waals surface area contributed by atoms with E-state index >= 15 is 0 Å². The molecule has 0 radical (unpaired) electrons. The van der Waals surface area contributed by atoms with Gasteiger partial charge in [-0.1, -0.05) is 36.5 Å². The molecule has 24 heavy (non-hydrogen) atoms. The summed E-state index contributed by atoms with van der Waals surface area (Å²) in [5.41, 5.74) is 8.76. The first-order valence-corrected chi connectivity index (χ1v) is 8.30. The maximum atomic E-state index is 12.6. The first kappa shape index (κ1) is 18.4. The number of H-pyrrole nitrogens is 1. The van der Waals surface area contributed by atoms with Crippen LogP contribution in [0, 0.1) is 6.92 Å². The van der Waals surface area contributed by atoms with Gasteiger partial charge in [0.05, 0.1) is 15.7 Å². The van der Waals surface area contributed by atoms with Crippen LogP contribution in [0.4, 0.5) is 11.4 Å². The number of benzene rings is 1. The molecule has 2 aromatic rings. The molecule has 0 atom stereocenters. The molecule has 1 aromatic heterocycles. The fourth-order valence-corrected chi connectivity index (χ4v) is 3.18. The molecule has 0 saturated carbocycles. The molecule has 1 amide bonds.